The first-order valence-electron chi connectivity index (χ1n) is 18.3. The number of hydrogen-bond acceptors (Lipinski definition) is 12. The van der Waals surface area contributed by atoms with Gasteiger partial charge in [0, 0.05) is 50.2 Å². The highest BCUT2D eigenvalue weighted by Gasteiger charge is 2.46. The molecule has 0 spiro atoms. The van der Waals surface area contributed by atoms with E-state index in [0.29, 0.717) is 48.6 Å². The number of ketones is 1. The van der Waals surface area contributed by atoms with Crippen LogP contribution in [0.5, 0.6) is 0 Å². The number of carbonyl (C=O) groups is 6. The molecular weight excluding hydrogens is 708 g/mol. The zero-order valence-electron chi connectivity index (χ0n) is 30.3. The van der Waals surface area contributed by atoms with Crippen molar-refractivity contribution >= 4 is 69.6 Å². The number of fused-ring (bicyclic) bond motifs is 2. The summed E-state index contributed by atoms with van der Waals surface area (Å²) in [6.07, 6.45) is 7.08. The van der Waals surface area contributed by atoms with Gasteiger partial charge in [-0.2, -0.15) is 4.98 Å². The molecule has 4 aromatic rings. The van der Waals surface area contributed by atoms with Gasteiger partial charge in [-0.1, -0.05) is 18.9 Å². The largest absolute Gasteiger partial charge is 0.367 e. The Hall–Kier alpha value is -6.52. The van der Waals surface area contributed by atoms with Gasteiger partial charge in [0.15, 0.2) is 5.78 Å². The maximum absolute atomic E-state index is 13.5. The maximum Gasteiger partial charge on any atom is 0.321 e. The van der Waals surface area contributed by atoms with E-state index in [-0.39, 0.29) is 58.6 Å². The Morgan fingerprint density at radius 3 is 2.35 bits per heavy atom. The molecule has 1 unspecified atom stereocenters. The fourth-order valence-electron chi connectivity index (χ4n) is 8.05. The average Bonchev–Trinajstić information content (AvgIpc) is 3.78. The van der Waals surface area contributed by atoms with Crippen molar-refractivity contribution in [2.24, 2.45) is 0 Å². The number of hydrogen-bond donors (Lipinski definition) is 3. The molecule has 1 saturated carbocycles. The van der Waals surface area contributed by atoms with E-state index in [9.17, 15) is 33.6 Å². The van der Waals surface area contributed by atoms with Gasteiger partial charge in [-0.15, -0.1) is 0 Å². The van der Waals surface area contributed by atoms with Crippen LogP contribution < -0.4 is 26.4 Å². The van der Waals surface area contributed by atoms with Gasteiger partial charge in [0.25, 0.3) is 17.4 Å². The number of aryl methyl sites for hydroxylation is 1. The van der Waals surface area contributed by atoms with Gasteiger partial charge in [0.1, 0.15) is 17.5 Å². The van der Waals surface area contributed by atoms with E-state index in [0.717, 1.165) is 36.3 Å². The van der Waals surface area contributed by atoms with Gasteiger partial charge < -0.3 is 20.4 Å². The fourth-order valence-corrected chi connectivity index (χ4v) is 8.05. The highest BCUT2D eigenvalue weighted by Crippen LogP contribution is 2.34. The maximum atomic E-state index is 13.5. The van der Waals surface area contributed by atoms with Gasteiger partial charge in [0.05, 0.1) is 34.3 Å². The average molecular weight is 747 g/mol. The molecule has 0 radical (unpaired) electrons. The van der Waals surface area contributed by atoms with Gasteiger partial charge in [-0.05, 0) is 62.9 Å². The molecule has 282 valence electrons. The number of amides is 6. The van der Waals surface area contributed by atoms with Crippen LogP contribution in [0.1, 0.15) is 88.1 Å². The predicted octanol–water partition coefficient (Wildman–Crippen LogP) is 3.31. The van der Waals surface area contributed by atoms with E-state index < -0.39 is 35.7 Å². The molecule has 17 nitrogen and oxygen atoms in total. The molecular formula is C38H38N10O7. The lowest BCUT2D eigenvalue weighted by Gasteiger charge is -2.36. The number of aromatic nitrogens is 4. The number of imide groups is 2. The second-order valence-corrected chi connectivity index (χ2v) is 14.2. The number of benzene rings is 1. The molecule has 3 aromatic heterocycles. The molecule has 6 amide bonds. The predicted molar refractivity (Wildman–Crippen MR) is 199 cm³/mol. The highest BCUT2D eigenvalue weighted by molar-refractivity contribution is 6.26. The van der Waals surface area contributed by atoms with Crippen LogP contribution >= 0.6 is 0 Å². The lowest BCUT2D eigenvalue weighted by Crippen LogP contribution is -2.54. The molecule has 3 N–H and O–H groups in total. The Kier molecular flexibility index (Phi) is 9.06. The molecule has 3 aliphatic heterocycles. The third-order valence-electron chi connectivity index (χ3n) is 10.9. The van der Waals surface area contributed by atoms with Crippen molar-refractivity contribution in [3.63, 3.8) is 0 Å². The molecule has 0 bridgehead atoms. The van der Waals surface area contributed by atoms with Crippen LogP contribution in [-0.2, 0) is 9.59 Å². The number of rotatable bonds is 7. The third-order valence-corrected chi connectivity index (χ3v) is 10.9. The summed E-state index contributed by atoms with van der Waals surface area (Å²) in [5.41, 5.74) is 2.02. The summed E-state index contributed by atoms with van der Waals surface area (Å²) in [5, 5.41) is 8.76. The van der Waals surface area contributed by atoms with E-state index in [1.165, 1.54) is 19.1 Å². The van der Waals surface area contributed by atoms with Gasteiger partial charge in [-0.3, -0.25) is 43.6 Å². The Bertz CT molecular complexity index is 2360. The summed E-state index contributed by atoms with van der Waals surface area (Å²) in [7, 11) is 0. The third kappa shape index (κ3) is 6.34. The quantitative estimate of drug-likeness (QED) is 0.184. The Morgan fingerprint density at radius 1 is 0.891 bits per heavy atom. The molecule has 8 rings (SSSR count). The number of nitrogens with one attached hydrogen (secondary N) is 3. The van der Waals surface area contributed by atoms with Crippen molar-refractivity contribution in [1.29, 1.82) is 0 Å². The lowest BCUT2D eigenvalue weighted by molar-refractivity contribution is -0.136. The van der Waals surface area contributed by atoms with Crippen LogP contribution in [0.15, 0.2) is 47.5 Å². The number of anilines is 4. The monoisotopic (exact) mass is 746 g/mol. The van der Waals surface area contributed by atoms with Crippen LogP contribution in [0.2, 0.25) is 0 Å². The molecule has 2 saturated heterocycles. The number of Topliss-reactive ketones (excluding diaryl/α,β-unsaturated/α-hetero) is 1. The van der Waals surface area contributed by atoms with Crippen LogP contribution in [0.4, 0.5) is 27.9 Å². The molecule has 1 atom stereocenters. The van der Waals surface area contributed by atoms with Gasteiger partial charge in [-0.25, -0.2) is 14.8 Å². The first-order valence-corrected chi connectivity index (χ1v) is 18.3. The smallest absolute Gasteiger partial charge is 0.321 e. The van der Waals surface area contributed by atoms with Gasteiger partial charge >= 0.3 is 6.03 Å². The number of carbonyl (C=O) groups excluding carboxylic acids is 6. The van der Waals surface area contributed by atoms with Crippen molar-refractivity contribution in [3.8, 4) is 0 Å². The number of piperazine rings is 1. The number of piperidine rings is 1. The van der Waals surface area contributed by atoms with E-state index in [1.807, 2.05) is 6.07 Å². The van der Waals surface area contributed by atoms with Crippen molar-refractivity contribution < 1.29 is 28.8 Å². The standard InChI is InChI=1S/C38H38N10O7/c1-20-25-19-40-37(44-32(25)47(22-6-3-4-7-22)35(53)30(20)21(2)49)42-28-12-10-23(18-39-28)45-14-16-46(17-15-45)38(55)41-26-9-5-8-24-31(26)36(54)48(34(24)52)27-11-13-29(50)43-33(27)51/h5,8-10,12,18-19,22,27H,3-4,6-7,11,13-17H2,1-2H3,(H,41,55)(H,43,50,51)(H,39,40,42,44). The molecule has 1 aromatic carbocycles. The summed E-state index contributed by atoms with van der Waals surface area (Å²) >= 11 is 0. The SMILES string of the molecule is CC(=O)c1c(C)c2cnc(Nc3ccc(N4CCN(C(=O)Nc5cccc6c5C(=O)N(C5CCC(=O)NC5=O)C6=O)CC4)cn3)nc2n(C2CCCC2)c1=O. The fraction of sp³-hybridized carbons (Fsp3) is 0.368. The highest BCUT2D eigenvalue weighted by atomic mass is 16.2. The number of urea groups is 1. The van der Waals surface area contributed by atoms with Crippen molar-refractivity contribution in [3.05, 3.63) is 75.3 Å². The van der Waals surface area contributed by atoms with Gasteiger partial charge in [0.2, 0.25) is 17.8 Å². The normalized spacial score (nSPS) is 18.9. The molecule has 1 aliphatic carbocycles. The van der Waals surface area contributed by atoms with Crippen molar-refractivity contribution in [2.75, 3.05) is 41.7 Å². The van der Waals surface area contributed by atoms with Crippen LogP contribution in [-0.4, -0.2) is 97.0 Å². The van der Waals surface area contributed by atoms with E-state index >= 15 is 0 Å². The van der Waals surface area contributed by atoms with Crippen molar-refractivity contribution in [2.45, 2.75) is 64.5 Å². The summed E-state index contributed by atoms with van der Waals surface area (Å²) in [5.74, 6) is -2.03. The Morgan fingerprint density at radius 2 is 1.65 bits per heavy atom. The molecule has 6 heterocycles. The Balaban J connectivity index is 0.916. The second-order valence-electron chi connectivity index (χ2n) is 14.2. The zero-order valence-corrected chi connectivity index (χ0v) is 30.3. The first-order chi connectivity index (χ1) is 26.5. The number of pyridine rings is 2. The minimum atomic E-state index is -1.11. The van der Waals surface area contributed by atoms with E-state index in [2.05, 4.69) is 30.8 Å². The molecule has 4 aliphatic rings. The van der Waals surface area contributed by atoms with Crippen LogP contribution in [0.3, 0.4) is 0 Å². The molecule has 55 heavy (non-hydrogen) atoms. The first kappa shape index (κ1) is 35.5. The summed E-state index contributed by atoms with van der Waals surface area (Å²) in [6.45, 7) is 4.91. The van der Waals surface area contributed by atoms with E-state index in [1.54, 1.807) is 40.9 Å². The lowest BCUT2D eigenvalue weighted by atomic mass is 10.0. The summed E-state index contributed by atoms with van der Waals surface area (Å²) in [6, 6.07) is 6.68. The zero-order chi connectivity index (χ0) is 38.5. The summed E-state index contributed by atoms with van der Waals surface area (Å²) < 4.78 is 1.67. The summed E-state index contributed by atoms with van der Waals surface area (Å²) in [4.78, 5) is 108. The Labute approximate surface area is 314 Å². The second kappa shape index (κ2) is 14.0. The van der Waals surface area contributed by atoms with Crippen molar-refractivity contribution in [1.82, 2.24) is 34.6 Å². The van der Waals surface area contributed by atoms with E-state index in [4.69, 9.17) is 4.98 Å². The topological polar surface area (TPSA) is 209 Å². The minimum Gasteiger partial charge on any atom is -0.367 e. The minimum absolute atomic E-state index is 0.00716. The van der Waals surface area contributed by atoms with Crippen LogP contribution in [0, 0.1) is 6.92 Å². The number of nitrogens with zero attached hydrogens (tertiary/aromatic N) is 7. The molecule has 17 heteroatoms. The molecule has 3 fully saturated rings. The van der Waals surface area contributed by atoms with Crippen LogP contribution in [0.25, 0.3) is 11.0 Å².